The molecular weight excluding hydrogens is 258 g/mol. The molecule has 0 bridgehead atoms. The first-order valence-corrected chi connectivity index (χ1v) is 6.65. The fourth-order valence-corrected chi connectivity index (χ4v) is 2.44. The molecule has 0 spiro atoms. The van der Waals surface area contributed by atoms with Crippen LogP contribution in [0.4, 0.5) is 8.78 Å². The highest BCUT2D eigenvalue weighted by Crippen LogP contribution is 2.28. The number of benzene rings is 1. The first kappa shape index (κ1) is 14.6. The van der Waals surface area contributed by atoms with Crippen LogP contribution in [0.1, 0.15) is 35.3 Å². The van der Waals surface area contributed by atoms with Gasteiger partial charge in [-0.1, -0.05) is 13.0 Å². The molecule has 106 valence electrons. The van der Waals surface area contributed by atoms with E-state index in [1.807, 2.05) is 26.8 Å². The van der Waals surface area contributed by atoms with Crippen LogP contribution < -0.4 is 5.32 Å². The zero-order valence-electron chi connectivity index (χ0n) is 11.9. The number of nitrogens with zero attached hydrogens (tertiary/aromatic N) is 1. The molecule has 2 rings (SSSR count). The molecule has 2 aromatic rings. The van der Waals surface area contributed by atoms with Crippen molar-refractivity contribution in [2.45, 2.75) is 26.8 Å². The van der Waals surface area contributed by atoms with Gasteiger partial charge in [-0.05, 0) is 49.7 Å². The molecule has 1 aromatic heterocycles. The van der Waals surface area contributed by atoms with Gasteiger partial charge in [-0.15, -0.1) is 0 Å². The van der Waals surface area contributed by atoms with Gasteiger partial charge in [0.1, 0.15) is 11.6 Å². The molecule has 0 saturated carbocycles. The quantitative estimate of drug-likeness (QED) is 0.921. The van der Waals surface area contributed by atoms with Crippen molar-refractivity contribution in [3.63, 3.8) is 0 Å². The Labute approximate surface area is 117 Å². The van der Waals surface area contributed by atoms with Crippen molar-refractivity contribution >= 4 is 0 Å². The van der Waals surface area contributed by atoms with Crippen molar-refractivity contribution in [2.24, 2.45) is 0 Å². The van der Waals surface area contributed by atoms with E-state index in [9.17, 15) is 8.78 Å². The number of hydrogen-bond donors (Lipinski definition) is 1. The van der Waals surface area contributed by atoms with Gasteiger partial charge in [0, 0.05) is 11.8 Å². The second kappa shape index (κ2) is 6.09. The topological polar surface area (TPSA) is 24.9 Å². The number of halogens is 2. The zero-order chi connectivity index (χ0) is 14.7. The number of rotatable bonds is 4. The van der Waals surface area contributed by atoms with Crippen molar-refractivity contribution in [1.82, 2.24) is 10.3 Å². The Bertz CT molecular complexity index is 588. The Hall–Kier alpha value is -1.81. The molecule has 0 radical (unpaired) electrons. The molecule has 20 heavy (non-hydrogen) atoms. The average Bonchev–Trinajstić information content (AvgIpc) is 2.37. The van der Waals surface area contributed by atoms with Crippen molar-refractivity contribution in [3.05, 3.63) is 64.5 Å². The van der Waals surface area contributed by atoms with E-state index >= 15 is 0 Å². The first-order valence-electron chi connectivity index (χ1n) is 6.65. The van der Waals surface area contributed by atoms with E-state index in [4.69, 9.17) is 0 Å². The summed E-state index contributed by atoms with van der Waals surface area (Å²) in [5, 5.41) is 3.11. The molecule has 1 heterocycles. The summed E-state index contributed by atoms with van der Waals surface area (Å²) in [5.41, 5.74) is 2.31. The first-order chi connectivity index (χ1) is 9.54. The molecule has 1 unspecified atom stereocenters. The van der Waals surface area contributed by atoms with E-state index in [1.165, 1.54) is 24.4 Å². The summed E-state index contributed by atoms with van der Waals surface area (Å²) in [6.45, 7) is 6.16. The smallest absolute Gasteiger partial charge is 0.146 e. The third-order valence-electron chi connectivity index (χ3n) is 3.24. The lowest BCUT2D eigenvalue weighted by Gasteiger charge is -2.21. The average molecular weight is 276 g/mol. The molecule has 1 atom stereocenters. The standard InChI is InChI=1S/C16H18F2N2/c1-4-19-16(15-12(17)6-5-7-20-15)14-11(3)8-10(2)9-13(14)18/h5-9,16,19H,4H2,1-3H3. The Morgan fingerprint density at radius 3 is 2.55 bits per heavy atom. The van der Waals surface area contributed by atoms with E-state index in [0.717, 1.165) is 11.1 Å². The number of nitrogens with one attached hydrogen (secondary N) is 1. The van der Waals surface area contributed by atoms with Gasteiger partial charge in [-0.2, -0.15) is 0 Å². The molecule has 1 N–H and O–H groups in total. The molecule has 0 fully saturated rings. The van der Waals surface area contributed by atoms with E-state index < -0.39 is 11.9 Å². The van der Waals surface area contributed by atoms with Crippen molar-refractivity contribution < 1.29 is 8.78 Å². The SMILES string of the molecule is CCNC(c1ncccc1F)c1c(C)cc(C)cc1F. The highest BCUT2D eigenvalue weighted by atomic mass is 19.1. The summed E-state index contributed by atoms with van der Waals surface area (Å²) >= 11 is 0. The minimum Gasteiger partial charge on any atom is -0.305 e. The molecule has 2 nitrogen and oxygen atoms in total. The van der Waals surface area contributed by atoms with Crippen LogP contribution in [0.5, 0.6) is 0 Å². The summed E-state index contributed by atoms with van der Waals surface area (Å²) < 4.78 is 28.3. The van der Waals surface area contributed by atoms with E-state index in [-0.39, 0.29) is 11.5 Å². The van der Waals surface area contributed by atoms with E-state index in [0.29, 0.717) is 12.1 Å². The minimum atomic E-state index is -0.582. The summed E-state index contributed by atoms with van der Waals surface area (Å²) in [6, 6.07) is 5.65. The lowest BCUT2D eigenvalue weighted by Crippen LogP contribution is -2.26. The van der Waals surface area contributed by atoms with Gasteiger partial charge in [0.05, 0.1) is 11.7 Å². The van der Waals surface area contributed by atoms with Crippen molar-refractivity contribution in [3.8, 4) is 0 Å². The number of pyridine rings is 1. The van der Waals surface area contributed by atoms with Crippen LogP contribution >= 0.6 is 0 Å². The van der Waals surface area contributed by atoms with E-state index in [1.54, 1.807) is 0 Å². The number of hydrogen-bond acceptors (Lipinski definition) is 2. The number of aromatic nitrogens is 1. The maximum Gasteiger partial charge on any atom is 0.146 e. The van der Waals surface area contributed by atoms with Gasteiger partial charge < -0.3 is 5.32 Å². The molecule has 1 aromatic carbocycles. The Morgan fingerprint density at radius 1 is 1.20 bits per heavy atom. The Kier molecular flexibility index (Phi) is 4.45. The molecule has 0 aliphatic rings. The van der Waals surface area contributed by atoms with Gasteiger partial charge in [-0.3, -0.25) is 4.98 Å². The summed E-state index contributed by atoms with van der Waals surface area (Å²) in [6.07, 6.45) is 1.52. The Morgan fingerprint density at radius 2 is 1.95 bits per heavy atom. The predicted octanol–water partition coefficient (Wildman–Crippen LogP) is 3.68. The molecule has 0 saturated heterocycles. The second-order valence-electron chi connectivity index (χ2n) is 4.84. The lowest BCUT2D eigenvalue weighted by molar-refractivity contribution is 0.515. The minimum absolute atomic E-state index is 0.222. The van der Waals surface area contributed by atoms with Gasteiger partial charge in [0.15, 0.2) is 0 Å². The van der Waals surface area contributed by atoms with Crippen LogP contribution in [-0.2, 0) is 0 Å². The maximum absolute atomic E-state index is 14.3. The molecule has 0 amide bonds. The Balaban J connectivity index is 2.58. The summed E-state index contributed by atoms with van der Waals surface area (Å²) in [5.74, 6) is -0.767. The number of aryl methyl sites for hydroxylation is 2. The van der Waals surface area contributed by atoms with Crippen LogP contribution in [0.15, 0.2) is 30.5 Å². The van der Waals surface area contributed by atoms with Crippen LogP contribution in [0.2, 0.25) is 0 Å². The van der Waals surface area contributed by atoms with Crippen molar-refractivity contribution in [2.75, 3.05) is 6.54 Å². The third kappa shape index (κ3) is 2.85. The third-order valence-corrected chi connectivity index (χ3v) is 3.24. The zero-order valence-corrected chi connectivity index (χ0v) is 11.9. The molecule has 4 heteroatoms. The monoisotopic (exact) mass is 276 g/mol. The van der Waals surface area contributed by atoms with Gasteiger partial charge in [0.25, 0.3) is 0 Å². The van der Waals surface area contributed by atoms with Gasteiger partial charge in [0.2, 0.25) is 0 Å². The summed E-state index contributed by atoms with van der Waals surface area (Å²) in [4.78, 5) is 4.07. The molecule has 0 aliphatic carbocycles. The predicted molar refractivity (Wildman–Crippen MR) is 75.6 cm³/mol. The van der Waals surface area contributed by atoms with Crippen molar-refractivity contribution in [1.29, 1.82) is 0 Å². The highest BCUT2D eigenvalue weighted by Gasteiger charge is 2.23. The molecular formula is C16H18F2N2. The fourth-order valence-electron chi connectivity index (χ4n) is 2.44. The van der Waals surface area contributed by atoms with Crippen LogP contribution in [0.3, 0.4) is 0 Å². The lowest BCUT2D eigenvalue weighted by atomic mass is 9.95. The normalized spacial score (nSPS) is 12.4. The fraction of sp³-hybridized carbons (Fsp3) is 0.312. The van der Waals surface area contributed by atoms with E-state index in [2.05, 4.69) is 10.3 Å². The van der Waals surface area contributed by atoms with Gasteiger partial charge >= 0.3 is 0 Å². The van der Waals surface area contributed by atoms with Crippen LogP contribution in [0, 0.1) is 25.5 Å². The van der Waals surface area contributed by atoms with Crippen LogP contribution in [-0.4, -0.2) is 11.5 Å². The summed E-state index contributed by atoms with van der Waals surface area (Å²) in [7, 11) is 0. The highest BCUT2D eigenvalue weighted by molar-refractivity contribution is 5.38. The maximum atomic E-state index is 14.3. The van der Waals surface area contributed by atoms with Crippen LogP contribution in [0.25, 0.3) is 0 Å². The molecule has 0 aliphatic heterocycles. The largest absolute Gasteiger partial charge is 0.305 e. The van der Waals surface area contributed by atoms with Gasteiger partial charge in [-0.25, -0.2) is 8.78 Å². The second-order valence-corrected chi connectivity index (χ2v) is 4.84.